The molecule has 4 amide bonds. The largest absolute Gasteiger partial charge is 0.295 e. The SMILES string of the molecule is CC1=CC=C2C(=O)N(C3CCC(=O)NC3=O)C(=O)C2=CC1. The number of nitrogens with zero attached hydrogens (tertiary/aromatic N) is 1. The van der Waals surface area contributed by atoms with Crippen LogP contribution in [0.1, 0.15) is 26.2 Å². The van der Waals surface area contributed by atoms with Gasteiger partial charge in [-0.3, -0.25) is 29.4 Å². The summed E-state index contributed by atoms with van der Waals surface area (Å²) >= 11 is 0. The van der Waals surface area contributed by atoms with Crippen LogP contribution in [0.25, 0.3) is 0 Å². The highest BCUT2D eigenvalue weighted by atomic mass is 16.2. The van der Waals surface area contributed by atoms with Crippen LogP contribution in [0.15, 0.2) is 34.9 Å². The number of fused-ring (bicyclic) bond motifs is 1. The van der Waals surface area contributed by atoms with E-state index < -0.39 is 23.8 Å². The number of hydrogen-bond acceptors (Lipinski definition) is 4. The average molecular weight is 286 g/mol. The maximum absolute atomic E-state index is 12.4. The molecule has 0 aromatic heterocycles. The number of rotatable bonds is 1. The zero-order chi connectivity index (χ0) is 15.1. The highest BCUT2D eigenvalue weighted by Crippen LogP contribution is 2.31. The first-order chi connectivity index (χ1) is 9.99. The Bertz CT molecular complexity index is 669. The second-order valence-electron chi connectivity index (χ2n) is 5.36. The van der Waals surface area contributed by atoms with Crippen molar-refractivity contribution in [1.29, 1.82) is 0 Å². The fraction of sp³-hybridized carbons (Fsp3) is 0.333. The number of imide groups is 2. The zero-order valence-corrected chi connectivity index (χ0v) is 11.5. The van der Waals surface area contributed by atoms with Crippen molar-refractivity contribution in [3.63, 3.8) is 0 Å². The summed E-state index contributed by atoms with van der Waals surface area (Å²) in [7, 11) is 0. The zero-order valence-electron chi connectivity index (χ0n) is 11.5. The van der Waals surface area contributed by atoms with Crippen LogP contribution in [0.5, 0.6) is 0 Å². The van der Waals surface area contributed by atoms with E-state index >= 15 is 0 Å². The van der Waals surface area contributed by atoms with Gasteiger partial charge in [-0.2, -0.15) is 0 Å². The normalized spacial score (nSPS) is 25.9. The van der Waals surface area contributed by atoms with Gasteiger partial charge in [0.15, 0.2) is 0 Å². The number of carbonyl (C=O) groups is 4. The molecule has 6 heteroatoms. The maximum atomic E-state index is 12.4. The Balaban J connectivity index is 1.96. The van der Waals surface area contributed by atoms with Crippen molar-refractivity contribution in [2.24, 2.45) is 0 Å². The molecule has 0 saturated carbocycles. The minimum atomic E-state index is -0.901. The molecule has 21 heavy (non-hydrogen) atoms. The number of hydrogen-bond donors (Lipinski definition) is 1. The second-order valence-corrected chi connectivity index (χ2v) is 5.36. The summed E-state index contributed by atoms with van der Waals surface area (Å²) in [4.78, 5) is 48.9. The average Bonchev–Trinajstić information content (AvgIpc) is 2.58. The molecule has 2 heterocycles. The van der Waals surface area contributed by atoms with Gasteiger partial charge in [-0.05, 0) is 25.8 Å². The van der Waals surface area contributed by atoms with Crippen molar-refractivity contribution in [2.75, 3.05) is 0 Å². The smallest absolute Gasteiger partial charge is 0.262 e. The first kappa shape index (κ1) is 13.5. The lowest BCUT2D eigenvalue weighted by atomic mass is 10.0. The van der Waals surface area contributed by atoms with Gasteiger partial charge in [-0.25, -0.2) is 0 Å². The van der Waals surface area contributed by atoms with Gasteiger partial charge in [0.25, 0.3) is 11.8 Å². The molecule has 6 nitrogen and oxygen atoms in total. The Morgan fingerprint density at radius 1 is 1.10 bits per heavy atom. The van der Waals surface area contributed by atoms with Crippen LogP contribution in [0.3, 0.4) is 0 Å². The standard InChI is InChI=1S/C15H14N2O4/c1-8-2-4-9-10(5-3-8)15(21)17(14(9)20)11-6-7-12(18)16-13(11)19/h2,4-5,11H,3,6-7H2,1H3,(H,16,18,19). The third-order valence-electron chi connectivity index (χ3n) is 3.87. The Morgan fingerprint density at radius 3 is 2.52 bits per heavy atom. The van der Waals surface area contributed by atoms with E-state index in [1.165, 1.54) is 0 Å². The lowest BCUT2D eigenvalue weighted by Gasteiger charge is -2.27. The Hall–Kier alpha value is -2.50. The summed E-state index contributed by atoms with van der Waals surface area (Å²) in [5.41, 5.74) is 1.72. The molecule has 0 aromatic carbocycles. The second kappa shape index (κ2) is 4.80. The van der Waals surface area contributed by atoms with Gasteiger partial charge >= 0.3 is 0 Å². The van der Waals surface area contributed by atoms with Crippen LogP contribution in [0, 0.1) is 0 Å². The van der Waals surface area contributed by atoms with Crippen molar-refractivity contribution in [3.8, 4) is 0 Å². The van der Waals surface area contributed by atoms with E-state index in [4.69, 9.17) is 0 Å². The van der Waals surface area contributed by atoms with Crippen LogP contribution in [0.2, 0.25) is 0 Å². The molecule has 1 N–H and O–H groups in total. The van der Waals surface area contributed by atoms with Crippen molar-refractivity contribution < 1.29 is 19.2 Å². The van der Waals surface area contributed by atoms with E-state index in [-0.39, 0.29) is 18.7 Å². The van der Waals surface area contributed by atoms with Crippen molar-refractivity contribution in [3.05, 3.63) is 34.9 Å². The Kier molecular flexibility index (Phi) is 3.08. The van der Waals surface area contributed by atoms with Gasteiger partial charge in [0.2, 0.25) is 11.8 Å². The molecule has 108 valence electrons. The molecule has 0 radical (unpaired) electrons. The summed E-state index contributed by atoms with van der Waals surface area (Å²) in [6, 6.07) is -0.901. The maximum Gasteiger partial charge on any atom is 0.262 e. The molecular formula is C15H14N2O4. The summed E-state index contributed by atoms with van der Waals surface area (Å²) < 4.78 is 0. The van der Waals surface area contributed by atoms with E-state index in [1.807, 2.05) is 6.92 Å². The quantitative estimate of drug-likeness (QED) is 0.706. The summed E-state index contributed by atoms with van der Waals surface area (Å²) in [6.07, 6.45) is 6.05. The van der Waals surface area contributed by atoms with Gasteiger partial charge in [0.05, 0.1) is 5.57 Å². The highest BCUT2D eigenvalue weighted by molar-refractivity contribution is 6.26. The minimum absolute atomic E-state index is 0.130. The predicted molar refractivity (Wildman–Crippen MR) is 72.6 cm³/mol. The van der Waals surface area contributed by atoms with E-state index in [0.29, 0.717) is 17.6 Å². The fourth-order valence-electron chi connectivity index (χ4n) is 2.71. The lowest BCUT2D eigenvalue weighted by Crippen LogP contribution is -2.54. The highest BCUT2D eigenvalue weighted by Gasteiger charge is 2.46. The summed E-state index contributed by atoms with van der Waals surface area (Å²) in [6.45, 7) is 1.92. The first-order valence-corrected chi connectivity index (χ1v) is 6.78. The number of allylic oxidation sites excluding steroid dienone is 4. The topological polar surface area (TPSA) is 83.6 Å². The third kappa shape index (κ3) is 2.12. The van der Waals surface area contributed by atoms with Gasteiger partial charge in [-0.1, -0.05) is 17.7 Å². The van der Waals surface area contributed by atoms with Gasteiger partial charge < -0.3 is 0 Å². The summed E-state index contributed by atoms with van der Waals surface area (Å²) in [5, 5.41) is 2.17. The molecule has 1 unspecified atom stereocenters. The number of amides is 4. The molecular weight excluding hydrogens is 272 g/mol. The van der Waals surface area contributed by atoms with Crippen LogP contribution < -0.4 is 5.32 Å². The molecule has 2 aliphatic heterocycles. The predicted octanol–water partition coefficient (Wildman–Crippen LogP) is 0.363. The Morgan fingerprint density at radius 2 is 1.81 bits per heavy atom. The number of likely N-dealkylation sites (tertiary alicyclic amines) is 1. The number of piperidine rings is 1. The minimum Gasteiger partial charge on any atom is -0.295 e. The van der Waals surface area contributed by atoms with Crippen LogP contribution in [0.4, 0.5) is 0 Å². The molecule has 0 bridgehead atoms. The van der Waals surface area contributed by atoms with E-state index in [2.05, 4.69) is 5.32 Å². The van der Waals surface area contributed by atoms with Gasteiger partial charge in [-0.15, -0.1) is 0 Å². The van der Waals surface area contributed by atoms with Crippen molar-refractivity contribution in [1.82, 2.24) is 10.2 Å². The summed E-state index contributed by atoms with van der Waals surface area (Å²) in [5.74, 6) is -1.88. The molecule has 0 spiro atoms. The van der Waals surface area contributed by atoms with Gasteiger partial charge in [0, 0.05) is 12.0 Å². The van der Waals surface area contributed by atoms with E-state index in [9.17, 15) is 19.2 Å². The van der Waals surface area contributed by atoms with E-state index in [0.717, 1.165) is 10.5 Å². The van der Waals surface area contributed by atoms with E-state index in [1.54, 1.807) is 18.2 Å². The molecule has 3 aliphatic rings. The Labute approximate surface area is 121 Å². The van der Waals surface area contributed by atoms with Crippen LogP contribution in [-0.4, -0.2) is 34.6 Å². The fourth-order valence-corrected chi connectivity index (χ4v) is 2.71. The molecule has 1 aliphatic carbocycles. The van der Waals surface area contributed by atoms with Crippen LogP contribution >= 0.6 is 0 Å². The molecule has 1 atom stereocenters. The number of carbonyl (C=O) groups excluding carboxylic acids is 4. The van der Waals surface area contributed by atoms with Crippen molar-refractivity contribution in [2.45, 2.75) is 32.2 Å². The molecule has 2 saturated heterocycles. The van der Waals surface area contributed by atoms with Crippen LogP contribution in [-0.2, 0) is 19.2 Å². The van der Waals surface area contributed by atoms with Crippen molar-refractivity contribution >= 4 is 23.6 Å². The lowest BCUT2D eigenvalue weighted by molar-refractivity contribution is -0.149. The molecule has 3 rings (SSSR count). The first-order valence-electron chi connectivity index (χ1n) is 6.78. The van der Waals surface area contributed by atoms with Gasteiger partial charge in [0.1, 0.15) is 6.04 Å². The third-order valence-corrected chi connectivity index (χ3v) is 3.87. The molecule has 0 aromatic rings. The molecule has 2 fully saturated rings. The number of nitrogens with one attached hydrogen (secondary N) is 1. The monoisotopic (exact) mass is 286 g/mol.